The maximum Gasteiger partial charge on any atom is 0.291 e. The third-order valence-corrected chi connectivity index (χ3v) is 4.55. The van der Waals surface area contributed by atoms with Gasteiger partial charge in [0.25, 0.3) is 5.91 Å². The minimum Gasteiger partial charge on any atom is -0.486 e. The highest BCUT2D eigenvalue weighted by Gasteiger charge is 2.18. The summed E-state index contributed by atoms with van der Waals surface area (Å²) < 4.78 is 23.0. The van der Waals surface area contributed by atoms with Gasteiger partial charge in [-0.15, -0.1) is 0 Å². The van der Waals surface area contributed by atoms with Crippen LogP contribution in [0.2, 0.25) is 0 Å². The summed E-state index contributed by atoms with van der Waals surface area (Å²) >= 11 is 3.43. The number of hydrogen-bond acceptors (Lipinski definition) is 5. The largest absolute Gasteiger partial charge is 0.486 e. The number of para-hydroxylation sites is 1. The summed E-state index contributed by atoms with van der Waals surface area (Å²) in [6.45, 7) is 1.22. The molecule has 0 aliphatic carbocycles. The van der Waals surface area contributed by atoms with E-state index in [1.54, 1.807) is 24.3 Å². The van der Waals surface area contributed by atoms with Crippen molar-refractivity contribution in [3.05, 3.63) is 70.6 Å². The average Bonchev–Trinajstić information content (AvgIpc) is 3.17. The first-order valence-corrected chi connectivity index (χ1v) is 9.15. The molecule has 0 atom stereocenters. The fourth-order valence-corrected chi connectivity index (χ4v) is 3.01. The van der Waals surface area contributed by atoms with E-state index in [9.17, 15) is 4.79 Å². The van der Waals surface area contributed by atoms with Crippen molar-refractivity contribution in [2.75, 3.05) is 18.5 Å². The Morgan fingerprint density at radius 1 is 1.04 bits per heavy atom. The number of rotatable bonds is 5. The van der Waals surface area contributed by atoms with E-state index >= 15 is 0 Å². The predicted octanol–water partition coefficient (Wildman–Crippen LogP) is 4.64. The Balaban J connectivity index is 1.42. The van der Waals surface area contributed by atoms with Crippen molar-refractivity contribution in [3.8, 4) is 17.2 Å². The van der Waals surface area contributed by atoms with Gasteiger partial charge in [-0.05, 0) is 40.2 Å². The molecule has 4 rings (SSSR count). The highest BCUT2D eigenvalue weighted by Crippen LogP contribution is 2.38. The lowest BCUT2D eigenvalue weighted by Crippen LogP contribution is -2.16. The molecular weight excluding hydrogens is 414 g/mol. The van der Waals surface area contributed by atoms with Crippen LogP contribution < -0.4 is 19.5 Å². The summed E-state index contributed by atoms with van der Waals surface area (Å²) in [4.78, 5) is 12.5. The van der Waals surface area contributed by atoms with Gasteiger partial charge in [0.2, 0.25) is 0 Å². The van der Waals surface area contributed by atoms with Crippen molar-refractivity contribution < 1.29 is 23.4 Å². The molecule has 0 unspecified atom stereocenters. The van der Waals surface area contributed by atoms with Crippen LogP contribution in [0.1, 0.15) is 16.3 Å². The van der Waals surface area contributed by atoms with Gasteiger partial charge in [-0.25, -0.2) is 0 Å². The molecule has 0 saturated heterocycles. The van der Waals surface area contributed by atoms with Gasteiger partial charge in [0.1, 0.15) is 31.3 Å². The maximum absolute atomic E-state index is 12.5. The SMILES string of the molecule is O=C(Nc1cc2c(cc1Br)OCCO2)c1ccc(COc2ccccc2)o1. The summed E-state index contributed by atoms with van der Waals surface area (Å²) in [6.07, 6.45) is 0. The fraction of sp³-hybridized carbons (Fsp3) is 0.150. The van der Waals surface area contributed by atoms with Crippen LogP contribution in [0, 0.1) is 0 Å². The minimum absolute atomic E-state index is 0.198. The molecule has 1 aliphatic heterocycles. The first-order valence-electron chi connectivity index (χ1n) is 8.36. The lowest BCUT2D eigenvalue weighted by Gasteiger charge is -2.20. The van der Waals surface area contributed by atoms with Crippen LogP contribution in [0.25, 0.3) is 0 Å². The maximum atomic E-state index is 12.5. The van der Waals surface area contributed by atoms with Gasteiger partial charge in [0, 0.05) is 16.6 Å². The van der Waals surface area contributed by atoms with Crippen LogP contribution in [0.4, 0.5) is 5.69 Å². The van der Waals surface area contributed by atoms with E-state index < -0.39 is 0 Å². The van der Waals surface area contributed by atoms with Gasteiger partial charge in [-0.2, -0.15) is 0 Å². The van der Waals surface area contributed by atoms with E-state index in [1.165, 1.54) is 0 Å². The van der Waals surface area contributed by atoms with Crippen molar-refractivity contribution in [3.63, 3.8) is 0 Å². The normalized spacial score (nSPS) is 12.5. The fourth-order valence-electron chi connectivity index (χ4n) is 2.59. The molecule has 3 aromatic rings. The number of fused-ring (bicyclic) bond motifs is 1. The number of carbonyl (C=O) groups excluding carboxylic acids is 1. The second-order valence-corrected chi connectivity index (χ2v) is 6.65. The topological polar surface area (TPSA) is 69.9 Å². The highest BCUT2D eigenvalue weighted by molar-refractivity contribution is 9.10. The zero-order chi connectivity index (χ0) is 18.6. The zero-order valence-electron chi connectivity index (χ0n) is 14.2. The van der Waals surface area contributed by atoms with Crippen LogP contribution >= 0.6 is 15.9 Å². The molecule has 0 radical (unpaired) electrons. The lowest BCUT2D eigenvalue weighted by atomic mass is 10.2. The van der Waals surface area contributed by atoms with E-state index in [4.69, 9.17) is 18.6 Å². The first-order chi connectivity index (χ1) is 13.2. The second-order valence-electron chi connectivity index (χ2n) is 5.80. The first kappa shape index (κ1) is 17.5. The summed E-state index contributed by atoms with van der Waals surface area (Å²) in [5.41, 5.74) is 0.572. The Kier molecular flexibility index (Phi) is 5.02. The molecule has 6 nitrogen and oxygen atoms in total. The molecule has 7 heteroatoms. The van der Waals surface area contributed by atoms with Crippen LogP contribution in [-0.4, -0.2) is 19.1 Å². The number of carbonyl (C=O) groups is 1. The van der Waals surface area contributed by atoms with Crippen molar-refractivity contribution in [1.82, 2.24) is 0 Å². The van der Waals surface area contributed by atoms with Gasteiger partial charge in [0.05, 0.1) is 5.69 Å². The van der Waals surface area contributed by atoms with E-state index in [-0.39, 0.29) is 18.3 Å². The van der Waals surface area contributed by atoms with Crippen LogP contribution in [0.5, 0.6) is 17.2 Å². The molecule has 0 bridgehead atoms. The number of halogens is 1. The Morgan fingerprint density at radius 3 is 2.56 bits per heavy atom. The third-order valence-electron chi connectivity index (χ3n) is 3.89. The van der Waals surface area contributed by atoms with Gasteiger partial charge < -0.3 is 23.9 Å². The smallest absolute Gasteiger partial charge is 0.291 e. The molecule has 138 valence electrons. The van der Waals surface area contributed by atoms with Gasteiger partial charge in [-0.3, -0.25) is 4.79 Å². The van der Waals surface area contributed by atoms with Crippen molar-refractivity contribution in [2.24, 2.45) is 0 Å². The number of furan rings is 1. The molecular formula is C20H16BrNO5. The van der Waals surface area contributed by atoms with Crippen LogP contribution in [0.15, 0.2) is 63.5 Å². The van der Waals surface area contributed by atoms with E-state index in [1.807, 2.05) is 30.3 Å². The molecule has 1 aromatic heterocycles. The van der Waals surface area contributed by atoms with Gasteiger partial charge in [-0.1, -0.05) is 18.2 Å². The Bertz CT molecular complexity index is 954. The van der Waals surface area contributed by atoms with Crippen molar-refractivity contribution in [2.45, 2.75) is 6.61 Å². The van der Waals surface area contributed by atoms with Crippen molar-refractivity contribution in [1.29, 1.82) is 0 Å². The predicted molar refractivity (Wildman–Crippen MR) is 103 cm³/mol. The summed E-state index contributed by atoms with van der Waals surface area (Å²) in [5.74, 6) is 2.37. The van der Waals surface area contributed by atoms with E-state index in [2.05, 4.69) is 21.2 Å². The Hall–Kier alpha value is -2.93. The number of nitrogens with one attached hydrogen (secondary N) is 1. The second kappa shape index (κ2) is 7.75. The Labute approximate surface area is 164 Å². The standard InChI is InChI=1S/C20H16BrNO5/c21-15-10-18-19(25-9-8-24-18)11-16(15)22-20(23)17-7-6-14(27-17)12-26-13-4-2-1-3-5-13/h1-7,10-11H,8-9,12H2,(H,22,23). The molecule has 2 heterocycles. The number of amides is 1. The van der Waals surface area contributed by atoms with E-state index in [0.717, 1.165) is 5.75 Å². The Morgan fingerprint density at radius 2 is 1.78 bits per heavy atom. The molecule has 0 spiro atoms. The quantitative estimate of drug-likeness (QED) is 0.639. The summed E-state index contributed by atoms with van der Waals surface area (Å²) in [7, 11) is 0. The molecule has 1 aliphatic rings. The highest BCUT2D eigenvalue weighted by atomic mass is 79.9. The molecule has 2 aromatic carbocycles. The summed E-state index contributed by atoms with van der Waals surface area (Å²) in [6, 6.07) is 16.2. The molecule has 1 N–H and O–H groups in total. The van der Waals surface area contributed by atoms with Gasteiger partial charge >= 0.3 is 0 Å². The van der Waals surface area contributed by atoms with Crippen molar-refractivity contribution >= 4 is 27.5 Å². The lowest BCUT2D eigenvalue weighted by molar-refractivity contribution is 0.0992. The van der Waals surface area contributed by atoms with Gasteiger partial charge in [0.15, 0.2) is 17.3 Å². The molecule has 0 saturated carbocycles. The zero-order valence-corrected chi connectivity index (χ0v) is 15.8. The molecule has 0 fully saturated rings. The average molecular weight is 430 g/mol. The third kappa shape index (κ3) is 4.09. The number of ether oxygens (including phenoxy) is 3. The number of anilines is 1. The van der Waals surface area contributed by atoms with Crippen LogP contribution in [-0.2, 0) is 6.61 Å². The summed E-state index contributed by atoms with van der Waals surface area (Å²) in [5, 5.41) is 2.81. The molecule has 1 amide bonds. The number of benzene rings is 2. The minimum atomic E-state index is -0.363. The number of hydrogen-bond donors (Lipinski definition) is 1. The van der Waals surface area contributed by atoms with E-state index in [0.29, 0.717) is 40.6 Å². The molecule has 27 heavy (non-hydrogen) atoms. The van der Waals surface area contributed by atoms with Crippen LogP contribution in [0.3, 0.4) is 0 Å². The monoisotopic (exact) mass is 429 g/mol.